The van der Waals surface area contributed by atoms with Crippen molar-refractivity contribution in [3.8, 4) is 11.3 Å². The SMILES string of the molecule is Cc1cc(S(=O)(=O)N2CC(O)(C(F)(F)F)C2)ccc1-c1ccc2[nH]nc(N)c2n1. The predicted molar refractivity (Wildman–Crippen MR) is 98.2 cm³/mol. The van der Waals surface area contributed by atoms with Gasteiger partial charge in [0.2, 0.25) is 10.0 Å². The summed E-state index contributed by atoms with van der Waals surface area (Å²) in [6.07, 6.45) is -4.89. The molecule has 4 rings (SSSR count). The number of nitrogens with two attached hydrogens (primary N) is 1. The van der Waals surface area contributed by atoms with Crippen molar-refractivity contribution in [2.75, 3.05) is 18.8 Å². The Kier molecular flexibility index (Phi) is 4.16. The molecule has 0 aliphatic carbocycles. The summed E-state index contributed by atoms with van der Waals surface area (Å²) in [5.74, 6) is 0.230. The van der Waals surface area contributed by atoms with Crippen molar-refractivity contribution in [3.05, 3.63) is 35.9 Å². The number of aliphatic hydroxyl groups is 1. The molecule has 0 bridgehead atoms. The Hall–Kier alpha value is -2.70. The topological polar surface area (TPSA) is 125 Å². The van der Waals surface area contributed by atoms with Crippen LogP contribution in [0.5, 0.6) is 0 Å². The predicted octanol–water partition coefficient (Wildman–Crippen LogP) is 1.81. The van der Waals surface area contributed by atoms with E-state index in [0.717, 1.165) is 0 Å². The first-order valence-electron chi connectivity index (χ1n) is 8.43. The number of alkyl halides is 3. The Morgan fingerprint density at radius 2 is 1.93 bits per heavy atom. The van der Waals surface area contributed by atoms with Gasteiger partial charge < -0.3 is 10.8 Å². The second kappa shape index (κ2) is 6.15. The molecule has 12 heteroatoms. The normalized spacial score (nSPS) is 17.4. The minimum Gasteiger partial charge on any atom is -0.380 e. The molecule has 0 radical (unpaired) electrons. The average molecular weight is 427 g/mol. The Bertz CT molecular complexity index is 1220. The molecule has 1 aliphatic rings. The number of sulfonamides is 1. The maximum atomic E-state index is 12.8. The summed E-state index contributed by atoms with van der Waals surface area (Å²) in [4.78, 5) is 4.27. The summed E-state index contributed by atoms with van der Waals surface area (Å²) >= 11 is 0. The third kappa shape index (κ3) is 3.03. The van der Waals surface area contributed by atoms with Crippen molar-refractivity contribution in [1.29, 1.82) is 0 Å². The number of hydrogen-bond donors (Lipinski definition) is 3. The fourth-order valence-corrected chi connectivity index (χ4v) is 4.82. The molecule has 29 heavy (non-hydrogen) atoms. The lowest BCUT2D eigenvalue weighted by molar-refractivity contribution is -0.290. The van der Waals surface area contributed by atoms with E-state index in [1.165, 1.54) is 18.2 Å². The largest absolute Gasteiger partial charge is 0.419 e. The van der Waals surface area contributed by atoms with Crippen molar-refractivity contribution in [1.82, 2.24) is 19.5 Å². The minimum absolute atomic E-state index is 0.160. The first-order valence-corrected chi connectivity index (χ1v) is 9.87. The number of rotatable bonds is 3. The molecule has 154 valence electrons. The van der Waals surface area contributed by atoms with Gasteiger partial charge in [-0.2, -0.15) is 22.6 Å². The number of halogens is 3. The van der Waals surface area contributed by atoms with Gasteiger partial charge in [0.15, 0.2) is 11.4 Å². The van der Waals surface area contributed by atoms with Crippen LogP contribution in [0.2, 0.25) is 0 Å². The smallest absolute Gasteiger partial charge is 0.380 e. The van der Waals surface area contributed by atoms with Gasteiger partial charge in [-0.15, -0.1) is 0 Å². The highest BCUT2D eigenvalue weighted by atomic mass is 32.2. The van der Waals surface area contributed by atoms with E-state index < -0.39 is 34.9 Å². The van der Waals surface area contributed by atoms with Crippen LogP contribution in [0.4, 0.5) is 19.0 Å². The van der Waals surface area contributed by atoms with Crippen LogP contribution in [-0.2, 0) is 10.0 Å². The van der Waals surface area contributed by atoms with Crippen LogP contribution in [0, 0.1) is 6.92 Å². The van der Waals surface area contributed by atoms with Crippen LogP contribution >= 0.6 is 0 Å². The van der Waals surface area contributed by atoms with E-state index in [9.17, 15) is 26.7 Å². The van der Waals surface area contributed by atoms with Gasteiger partial charge in [0.25, 0.3) is 0 Å². The van der Waals surface area contributed by atoms with Crippen molar-refractivity contribution in [2.45, 2.75) is 23.6 Å². The van der Waals surface area contributed by atoms with Gasteiger partial charge in [0.1, 0.15) is 5.52 Å². The van der Waals surface area contributed by atoms with Crippen LogP contribution in [-0.4, -0.2) is 57.9 Å². The second-order valence-electron chi connectivity index (χ2n) is 6.98. The molecular weight excluding hydrogens is 411 g/mol. The van der Waals surface area contributed by atoms with E-state index in [1.807, 2.05) is 0 Å². The molecule has 3 aromatic rings. The lowest BCUT2D eigenvalue weighted by Gasteiger charge is -2.45. The molecule has 3 heterocycles. The van der Waals surface area contributed by atoms with Crippen LogP contribution in [0.1, 0.15) is 5.56 Å². The number of anilines is 1. The van der Waals surface area contributed by atoms with Gasteiger partial charge >= 0.3 is 6.18 Å². The van der Waals surface area contributed by atoms with E-state index in [2.05, 4.69) is 15.2 Å². The molecule has 0 atom stereocenters. The molecule has 1 fully saturated rings. The zero-order valence-corrected chi connectivity index (χ0v) is 15.8. The maximum Gasteiger partial charge on any atom is 0.419 e. The molecule has 0 unspecified atom stereocenters. The number of H-pyrrole nitrogens is 1. The minimum atomic E-state index is -4.89. The summed E-state index contributed by atoms with van der Waals surface area (Å²) < 4.78 is 64.2. The average Bonchev–Trinajstić information content (AvgIpc) is 2.98. The number of nitrogens with zero attached hydrogens (tertiary/aromatic N) is 3. The zero-order chi connectivity index (χ0) is 21.2. The fourth-order valence-electron chi connectivity index (χ4n) is 3.19. The molecule has 2 aromatic heterocycles. The Balaban J connectivity index is 1.64. The summed E-state index contributed by atoms with van der Waals surface area (Å²) in [6.45, 7) is -0.393. The Morgan fingerprint density at radius 3 is 2.55 bits per heavy atom. The van der Waals surface area contributed by atoms with Crippen molar-refractivity contribution in [3.63, 3.8) is 0 Å². The molecule has 0 spiro atoms. The highest BCUT2D eigenvalue weighted by Crippen LogP contribution is 2.40. The standard InChI is InChI=1S/C17H16F3N5O3S/c1-9-6-10(29(27,28)25-7-16(26,8-25)17(18,19)20)2-3-11(9)12-4-5-13-14(22-12)15(21)24-23-13/h2-6,26H,7-8H2,1H3,(H3,21,23,24). The molecule has 4 N–H and O–H groups in total. The number of β-amino-alcohol motifs (C(OH)–C–C–N with tert-alkyl or cyclic N) is 1. The number of nitrogens with one attached hydrogen (secondary N) is 1. The third-order valence-electron chi connectivity index (χ3n) is 4.95. The summed E-state index contributed by atoms with van der Waals surface area (Å²) in [6, 6.07) is 7.65. The monoisotopic (exact) mass is 427 g/mol. The molecule has 0 amide bonds. The quantitative estimate of drug-likeness (QED) is 0.586. The van der Waals surface area contributed by atoms with E-state index >= 15 is 0 Å². The summed E-state index contributed by atoms with van der Waals surface area (Å²) in [5.41, 5.74) is 5.62. The van der Waals surface area contributed by atoms with Crippen LogP contribution in [0.15, 0.2) is 35.2 Å². The maximum absolute atomic E-state index is 12.8. The van der Waals surface area contributed by atoms with E-state index in [4.69, 9.17) is 5.73 Å². The van der Waals surface area contributed by atoms with Crippen molar-refractivity contribution >= 4 is 26.9 Å². The number of benzene rings is 1. The third-order valence-corrected chi connectivity index (χ3v) is 6.74. The van der Waals surface area contributed by atoms with Gasteiger partial charge in [-0.05, 0) is 36.8 Å². The lowest BCUT2D eigenvalue weighted by atomic mass is 9.97. The van der Waals surface area contributed by atoms with E-state index in [0.29, 0.717) is 32.2 Å². The Labute approximate surface area is 163 Å². The number of pyridine rings is 1. The van der Waals surface area contributed by atoms with Crippen molar-refractivity contribution in [2.24, 2.45) is 0 Å². The number of nitrogen functional groups attached to an aromatic ring is 1. The number of aromatic amines is 1. The second-order valence-corrected chi connectivity index (χ2v) is 8.92. The fraction of sp³-hybridized carbons (Fsp3) is 0.294. The number of hydrogen-bond acceptors (Lipinski definition) is 6. The number of fused-ring (bicyclic) bond motifs is 1. The molecule has 8 nitrogen and oxygen atoms in total. The Morgan fingerprint density at radius 1 is 1.24 bits per heavy atom. The molecule has 1 aromatic carbocycles. The van der Waals surface area contributed by atoms with E-state index in [-0.39, 0.29) is 10.7 Å². The summed E-state index contributed by atoms with van der Waals surface area (Å²) in [5, 5.41) is 16.1. The highest BCUT2D eigenvalue weighted by molar-refractivity contribution is 7.89. The van der Waals surface area contributed by atoms with Gasteiger partial charge in [0, 0.05) is 5.56 Å². The van der Waals surface area contributed by atoms with Crippen LogP contribution in [0.3, 0.4) is 0 Å². The van der Waals surface area contributed by atoms with Gasteiger partial charge in [-0.3, -0.25) is 5.10 Å². The number of aryl methyl sites for hydroxylation is 1. The lowest BCUT2D eigenvalue weighted by Crippen LogP contribution is -2.70. The van der Waals surface area contributed by atoms with Crippen molar-refractivity contribution < 1.29 is 26.7 Å². The van der Waals surface area contributed by atoms with Crippen LogP contribution in [0.25, 0.3) is 22.3 Å². The van der Waals surface area contributed by atoms with Gasteiger partial charge in [0.05, 0.1) is 29.2 Å². The number of aromatic nitrogens is 3. The molecule has 0 saturated carbocycles. The summed E-state index contributed by atoms with van der Waals surface area (Å²) in [7, 11) is -4.17. The molecule has 1 aliphatic heterocycles. The van der Waals surface area contributed by atoms with Crippen LogP contribution < -0.4 is 5.73 Å². The first-order chi connectivity index (χ1) is 13.4. The zero-order valence-electron chi connectivity index (χ0n) is 15.0. The highest BCUT2D eigenvalue weighted by Gasteiger charge is 2.63. The first kappa shape index (κ1) is 19.6. The van der Waals surface area contributed by atoms with E-state index in [1.54, 1.807) is 19.1 Å². The van der Waals surface area contributed by atoms with Gasteiger partial charge in [-0.1, -0.05) is 6.07 Å². The van der Waals surface area contributed by atoms with Gasteiger partial charge in [-0.25, -0.2) is 13.4 Å². The molecule has 1 saturated heterocycles. The molecular formula is C17H16F3N5O3S.